The third kappa shape index (κ3) is 7.31. The molecule has 0 saturated carbocycles. The van der Waals surface area contributed by atoms with Gasteiger partial charge >= 0.3 is 12.1 Å². The molecule has 0 bridgehead atoms. The van der Waals surface area contributed by atoms with Crippen molar-refractivity contribution in [3.8, 4) is 5.82 Å². The molecule has 0 aromatic carbocycles. The van der Waals surface area contributed by atoms with Gasteiger partial charge in [0.05, 0.1) is 11.2 Å². The smallest absolute Gasteiger partial charge is 0.475 e. The van der Waals surface area contributed by atoms with Crippen molar-refractivity contribution in [3.05, 3.63) is 52.5 Å². The molecular weight excluding hydrogens is 480 g/mol. The van der Waals surface area contributed by atoms with Gasteiger partial charge < -0.3 is 15.7 Å². The SMILES string of the molecule is O=C(Nc1ccn(-c2ccc(F)cn2)n1)c1csc(CC2CCCNC2)n1.O=C(O)C(F)(F)F. The lowest BCUT2D eigenvalue weighted by atomic mass is 9.97. The average Bonchev–Trinajstić information content (AvgIpc) is 3.45. The minimum absolute atomic E-state index is 0.295. The zero-order chi connectivity index (χ0) is 24.7. The molecule has 14 heteroatoms. The Morgan fingerprint density at radius 3 is 2.68 bits per heavy atom. The molecule has 3 N–H and O–H groups in total. The van der Waals surface area contributed by atoms with Crippen LogP contribution >= 0.6 is 11.3 Å². The van der Waals surface area contributed by atoms with Gasteiger partial charge in [-0.2, -0.15) is 13.2 Å². The molecule has 3 aromatic heterocycles. The molecule has 0 spiro atoms. The molecule has 4 heterocycles. The van der Waals surface area contributed by atoms with E-state index in [1.165, 1.54) is 41.0 Å². The second-order valence-electron chi connectivity index (χ2n) is 7.28. The molecule has 1 aliphatic rings. The number of pyridine rings is 1. The van der Waals surface area contributed by atoms with Crippen LogP contribution in [0.4, 0.5) is 23.4 Å². The topological polar surface area (TPSA) is 122 Å². The number of anilines is 1. The first-order valence-corrected chi connectivity index (χ1v) is 10.9. The normalized spacial score (nSPS) is 15.8. The molecule has 0 aliphatic carbocycles. The van der Waals surface area contributed by atoms with Crippen LogP contribution in [0.1, 0.15) is 28.3 Å². The number of alkyl halides is 3. The predicted molar refractivity (Wildman–Crippen MR) is 114 cm³/mol. The maximum absolute atomic E-state index is 13.0. The summed E-state index contributed by atoms with van der Waals surface area (Å²) in [5.74, 6) is -2.03. The summed E-state index contributed by atoms with van der Waals surface area (Å²) < 4.78 is 46.2. The van der Waals surface area contributed by atoms with Crippen LogP contribution in [0.15, 0.2) is 36.0 Å². The van der Waals surface area contributed by atoms with E-state index in [0.717, 1.165) is 30.7 Å². The number of hydrogen-bond acceptors (Lipinski definition) is 7. The minimum atomic E-state index is -5.08. The lowest BCUT2D eigenvalue weighted by Gasteiger charge is -2.21. The van der Waals surface area contributed by atoms with Gasteiger partial charge in [-0.15, -0.1) is 16.4 Å². The van der Waals surface area contributed by atoms with Crippen molar-refractivity contribution in [3.63, 3.8) is 0 Å². The number of aromatic nitrogens is 4. The number of carboxylic acids is 1. The van der Waals surface area contributed by atoms with E-state index in [1.807, 2.05) is 0 Å². The van der Waals surface area contributed by atoms with Crippen molar-refractivity contribution in [2.24, 2.45) is 5.92 Å². The molecule has 1 amide bonds. The summed E-state index contributed by atoms with van der Waals surface area (Å²) in [6.07, 6.45) is 0.972. The van der Waals surface area contributed by atoms with Crippen molar-refractivity contribution in [1.29, 1.82) is 0 Å². The van der Waals surface area contributed by atoms with Crippen LogP contribution in [-0.2, 0) is 11.2 Å². The summed E-state index contributed by atoms with van der Waals surface area (Å²) in [7, 11) is 0. The highest BCUT2D eigenvalue weighted by Crippen LogP contribution is 2.20. The third-order valence-electron chi connectivity index (χ3n) is 4.67. The number of nitrogens with one attached hydrogen (secondary N) is 2. The lowest BCUT2D eigenvalue weighted by molar-refractivity contribution is -0.192. The van der Waals surface area contributed by atoms with Crippen molar-refractivity contribution in [1.82, 2.24) is 25.1 Å². The Labute approximate surface area is 194 Å². The fraction of sp³-hybridized carbons (Fsp3) is 0.350. The summed E-state index contributed by atoms with van der Waals surface area (Å²) >= 11 is 1.51. The molecule has 1 unspecified atom stereocenters. The van der Waals surface area contributed by atoms with E-state index in [4.69, 9.17) is 9.90 Å². The maximum atomic E-state index is 13.0. The van der Waals surface area contributed by atoms with Crippen LogP contribution in [0.25, 0.3) is 5.82 Å². The fourth-order valence-electron chi connectivity index (χ4n) is 3.06. The second-order valence-corrected chi connectivity index (χ2v) is 8.22. The van der Waals surface area contributed by atoms with Gasteiger partial charge in [-0.3, -0.25) is 4.79 Å². The zero-order valence-electron chi connectivity index (χ0n) is 17.5. The molecule has 1 saturated heterocycles. The van der Waals surface area contributed by atoms with Crippen LogP contribution in [0.2, 0.25) is 0 Å². The molecular formula is C20H20F4N6O3S. The maximum Gasteiger partial charge on any atom is 0.490 e. The summed E-state index contributed by atoms with van der Waals surface area (Å²) in [4.78, 5) is 29.7. The number of aliphatic carboxylic acids is 1. The van der Waals surface area contributed by atoms with E-state index in [1.54, 1.807) is 17.6 Å². The summed E-state index contributed by atoms with van der Waals surface area (Å²) in [6.45, 7) is 2.10. The van der Waals surface area contributed by atoms with Crippen LogP contribution in [0.3, 0.4) is 0 Å². The number of carbonyl (C=O) groups excluding carboxylic acids is 1. The van der Waals surface area contributed by atoms with Gasteiger partial charge in [-0.25, -0.2) is 23.8 Å². The van der Waals surface area contributed by atoms with Gasteiger partial charge in [0.25, 0.3) is 5.91 Å². The molecule has 9 nitrogen and oxygen atoms in total. The predicted octanol–water partition coefficient (Wildman–Crippen LogP) is 3.29. The van der Waals surface area contributed by atoms with Gasteiger partial charge in [0.1, 0.15) is 11.5 Å². The van der Waals surface area contributed by atoms with E-state index >= 15 is 0 Å². The first kappa shape index (κ1) is 25.2. The van der Waals surface area contributed by atoms with Gasteiger partial charge in [-0.05, 0) is 44.0 Å². The Bertz CT molecular complexity index is 1110. The Morgan fingerprint density at radius 2 is 2.06 bits per heavy atom. The Balaban J connectivity index is 0.000000406. The molecule has 3 aromatic rings. The summed E-state index contributed by atoms with van der Waals surface area (Å²) in [5, 5.41) is 20.3. The molecule has 1 aliphatic heterocycles. The number of halogens is 4. The van der Waals surface area contributed by atoms with Crippen molar-refractivity contribution >= 4 is 29.0 Å². The van der Waals surface area contributed by atoms with Crippen LogP contribution in [0.5, 0.6) is 0 Å². The first-order valence-electron chi connectivity index (χ1n) is 10.1. The van der Waals surface area contributed by atoms with Gasteiger partial charge in [0.2, 0.25) is 0 Å². The lowest BCUT2D eigenvalue weighted by Crippen LogP contribution is -2.30. The Morgan fingerprint density at radius 1 is 1.29 bits per heavy atom. The quantitative estimate of drug-likeness (QED) is 0.460. The number of rotatable bonds is 5. The van der Waals surface area contributed by atoms with Crippen molar-refractivity contribution in [2.45, 2.75) is 25.4 Å². The average molecular weight is 500 g/mol. The van der Waals surface area contributed by atoms with E-state index < -0.39 is 18.0 Å². The second kappa shape index (κ2) is 11.2. The molecule has 34 heavy (non-hydrogen) atoms. The van der Waals surface area contributed by atoms with E-state index in [-0.39, 0.29) is 5.91 Å². The van der Waals surface area contributed by atoms with Crippen molar-refractivity contribution < 1.29 is 32.3 Å². The van der Waals surface area contributed by atoms with Crippen LogP contribution in [0, 0.1) is 11.7 Å². The highest BCUT2D eigenvalue weighted by molar-refractivity contribution is 7.09. The standard InChI is InChI=1S/C18H19FN6OS.C2HF3O2/c19-13-3-4-16(21-10-13)25-7-5-15(24-25)23-18(26)14-11-27-17(22-14)8-12-2-1-6-20-9-12;3-2(4,5)1(6)7/h3-5,7,10-12,20H,1-2,6,8-9H2,(H,23,24,26);(H,6,7). The highest BCUT2D eigenvalue weighted by atomic mass is 32.1. The van der Waals surface area contributed by atoms with Gasteiger partial charge in [-0.1, -0.05) is 0 Å². The number of piperidine rings is 1. The first-order chi connectivity index (χ1) is 16.1. The molecule has 4 rings (SSSR count). The number of nitrogens with zero attached hydrogens (tertiary/aromatic N) is 4. The number of carbonyl (C=O) groups is 2. The Hall–Kier alpha value is -3.39. The number of amides is 1. The number of hydrogen-bond donors (Lipinski definition) is 3. The van der Waals surface area contributed by atoms with Gasteiger partial charge in [0, 0.05) is 24.1 Å². The molecule has 1 atom stereocenters. The zero-order valence-corrected chi connectivity index (χ0v) is 18.4. The molecule has 1 fully saturated rings. The Kier molecular flexibility index (Phi) is 8.28. The fourth-order valence-corrected chi connectivity index (χ4v) is 3.95. The minimum Gasteiger partial charge on any atom is -0.475 e. The largest absolute Gasteiger partial charge is 0.490 e. The van der Waals surface area contributed by atoms with Crippen LogP contribution in [-0.4, -0.2) is 56.0 Å². The summed E-state index contributed by atoms with van der Waals surface area (Å²) in [6, 6.07) is 4.48. The van der Waals surface area contributed by atoms with E-state index in [0.29, 0.717) is 23.2 Å². The number of thiazole rings is 1. The molecule has 0 radical (unpaired) electrons. The van der Waals surface area contributed by atoms with E-state index in [9.17, 15) is 22.4 Å². The highest BCUT2D eigenvalue weighted by Gasteiger charge is 2.38. The summed E-state index contributed by atoms with van der Waals surface area (Å²) in [5.41, 5.74) is 0.397. The van der Waals surface area contributed by atoms with E-state index in [2.05, 4.69) is 25.7 Å². The third-order valence-corrected chi connectivity index (χ3v) is 5.54. The molecule has 182 valence electrons. The van der Waals surface area contributed by atoms with Crippen molar-refractivity contribution in [2.75, 3.05) is 18.4 Å². The van der Waals surface area contributed by atoms with Gasteiger partial charge in [0.15, 0.2) is 11.6 Å². The van der Waals surface area contributed by atoms with Crippen LogP contribution < -0.4 is 10.6 Å². The monoisotopic (exact) mass is 500 g/mol. The number of carboxylic acid groups (broad SMARTS) is 1.